The van der Waals surface area contributed by atoms with Gasteiger partial charge in [-0.3, -0.25) is 13.9 Å². The van der Waals surface area contributed by atoms with Crippen molar-refractivity contribution < 1.29 is 5.11 Å². The Morgan fingerprint density at radius 2 is 1.86 bits per heavy atom. The van der Waals surface area contributed by atoms with Gasteiger partial charge in [-0.1, -0.05) is 0 Å². The number of aryl methyl sites for hydroxylation is 1. The molecule has 0 saturated carbocycles. The molecule has 2 aromatic heterocycles. The minimum absolute atomic E-state index is 0.0153. The van der Waals surface area contributed by atoms with Crippen molar-refractivity contribution in [2.45, 2.75) is 0 Å². The van der Waals surface area contributed by atoms with Crippen molar-refractivity contribution in [2.75, 3.05) is 0 Å². The summed E-state index contributed by atoms with van der Waals surface area (Å²) in [4.78, 5) is 27.1. The summed E-state index contributed by atoms with van der Waals surface area (Å²) in [6, 6.07) is 1.79. The molecule has 108 valence electrons. The molecule has 0 aromatic carbocycles. The van der Waals surface area contributed by atoms with Crippen LogP contribution in [0.3, 0.4) is 0 Å². The molecular weight excluding hydrogens is 280 g/mol. The molecule has 2 aromatic rings. The Bertz CT molecular complexity index is 895. The van der Waals surface area contributed by atoms with Crippen molar-refractivity contribution in [2.24, 2.45) is 31.4 Å². The fraction of sp³-hybridized carbons (Fsp3) is 0.300. The second kappa shape index (κ2) is 5.00. The summed E-state index contributed by atoms with van der Waals surface area (Å²) in [5.41, 5.74) is -1.93. The van der Waals surface area contributed by atoms with Crippen LogP contribution in [0, 0.1) is 11.3 Å². The van der Waals surface area contributed by atoms with Gasteiger partial charge in [-0.15, -0.1) is 15.3 Å². The summed E-state index contributed by atoms with van der Waals surface area (Å²) in [5.74, 6) is -0.755. The second-order valence-corrected chi connectivity index (χ2v) is 4.05. The number of aromatic hydroxyl groups is 1. The van der Waals surface area contributed by atoms with Crippen LogP contribution in [0.5, 0.6) is 5.88 Å². The van der Waals surface area contributed by atoms with E-state index in [0.29, 0.717) is 0 Å². The first-order valence-electron chi connectivity index (χ1n) is 5.58. The van der Waals surface area contributed by atoms with Gasteiger partial charge in [-0.25, -0.2) is 9.48 Å². The predicted octanol–water partition coefficient (Wildman–Crippen LogP) is -0.795. The van der Waals surface area contributed by atoms with E-state index < -0.39 is 22.8 Å². The number of hydrogen-bond acceptors (Lipinski definition) is 8. The molecule has 0 aliphatic heterocycles. The van der Waals surface area contributed by atoms with Crippen molar-refractivity contribution in [3.05, 3.63) is 26.7 Å². The van der Waals surface area contributed by atoms with Crippen LogP contribution in [0.2, 0.25) is 0 Å². The van der Waals surface area contributed by atoms with Crippen LogP contribution in [-0.4, -0.2) is 29.0 Å². The van der Waals surface area contributed by atoms with Crippen LogP contribution >= 0.6 is 0 Å². The Kier molecular flexibility index (Phi) is 3.37. The van der Waals surface area contributed by atoms with Gasteiger partial charge in [-0.2, -0.15) is 10.2 Å². The third-order valence-corrected chi connectivity index (χ3v) is 2.70. The summed E-state index contributed by atoms with van der Waals surface area (Å²) in [6.07, 6.45) is 0. The van der Waals surface area contributed by atoms with Crippen molar-refractivity contribution in [3.8, 4) is 11.9 Å². The number of rotatable bonds is 2. The minimum atomic E-state index is -0.809. The maximum Gasteiger partial charge on any atom is 0.333 e. The van der Waals surface area contributed by atoms with E-state index in [9.17, 15) is 14.7 Å². The van der Waals surface area contributed by atoms with Crippen LogP contribution < -0.4 is 11.2 Å². The highest BCUT2D eigenvalue weighted by atomic mass is 16.3. The van der Waals surface area contributed by atoms with Crippen molar-refractivity contribution in [3.63, 3.8) is 0 Å². The van der Waals surface area contributed by atoms with Crippen LogP contribution in [0.4, 0.5) is 11.6 Å². The minimum Gasteiger partial charge on any atom is -0.493 e. The molecule has 11 nitrogen and oxygen atoms in total. The lowest BCUT2D eigenvalue weighted by atomic mass is 10.5. The molecule has 21 heavy (non-hydrogen) atoms. The monoisotopic (exact) mass is 290 g/mol. The summed E-state index contributed by atoms with van der Waals surface area (Å²) in [6.45, 7) is 0. The average molecular weight is 290 g/mol. The Balaban J connectivity index is 2.54. The van der Waals surface area contributed by atoms with E-state index in [0.717, 1.165) is 9.13 Å². The van der Waals surface area contributed by atoms with Crippen LogP contribution in [0.1, 0.15) is 5.82 Å². The Morgan fingerprint density at radius 3 is 2.43 bits per heavy atom. The lowest BCUT2D eigenvalue weighted by molar-refractivity contribution is 0.413. The highest BCUT2D eigenvalue weighted by Gasteiger charge is 2.15. The lowest BCUT2D eigenvalue weighted by Gasteiger charge is -2.05. The second-order valence-electron chi connectivity index (χ2n) is 4.05. The quantitative estimate of drug-likeness (QED) is 0.717. The molecule has 0 aliphatic rings. The molecule has 0 saturated heterocycles. The Hall–Kier alpha value is -3.29. The van der Waals surface area contributed by atoms with Gasteiger partial charge < -0.3 is 5.11 Å². The van der Waals surface area contributed by atoms with Gasteiger partial charge in [0.05, 0.1) is 0 Å². The molecule has 0 radical (unpaired) electrons. The first-order chi connectivity index (χ1) is 9.86. The van der Waals surface area contributed by atoms with Gasteiger partial charge in [0.2, 0.25) is 17.4 Å². The summed E-state index contributed by atoms with van der Waals surface area (Å²) < 4.78 is 2.82. The summed E-state index contributed by atoms with van der Waals surface area (Å²) >= 11 is 0. The number of nitrogens with zero attached hydrogens (tertiary/aromatic N) is 8. The van der Waals surface area contributed by atoms with Crippen molar-refractivity contribution >= 4 is 11.6 Å². The summed E-state index contributed by atoms with van der Waals surface area (Å²) in [5, 5.41) is 29.4. The largest absolute Gasteiger partial charge is 0.493 e. The van der Waals surface area contributed by atoms with Gasteiger partial charge in [0.15, 0.2) is 0 Å². The third kappa shape index (κ3) is 2.29. The van der Waals surface area contributed by atoms with Gasteiger partial charge in [0, 0.05) is 21.1 Å². The molecule has 0 bridgehead atoms. The maximum absolute atomic E-state index is 11.8. The van der Waals surface area contributed by atoms with Crippen LogP contribution in [0.15, 0.2) is 19.8 Å². The molecule has 1 N–H and O–H groups in total. The molecule has 2 rings (SSSR count). The average Bonchev–Trinajstić information content (AvgIpc) is 2.83. The molecule has 0 spiro atoms. The highest BCUT2D eigenvalue weighted by Crippen LogP contribution is 2.20. The fourth-order valence-corrected chi connectivity index (χ4v) is 1.51. The first-order valence-corrected chi connectivity index (χ1v) is 5.58. The third-order valence-electron chi connectivity index (χ3n) is 2.70. The number of nitriles is 1. The fourth-order valence-electron chi connectivity index (χ4n) is 1.51. The van der Waals surface area contributed by atoms with Crippen LogP contribution in [-0.2, 0) is 21.1 Å². The van der Waals surface area contributed by atoms with Crippen LogP contribution in [0.25, 0.3) is 0 Å². The zero-order valence-electron chi connectivity index (χ0n) is 11.3. The molecule has 0 amide bonds. The topological polar surface area (TPSA) is 143 Å². The van der Waals surface area contributed by atoms with Gasteiger partial charge >= 0.3 is 5.69 Å². The highest BCUT2D eigenvalue weighted by molar-refractivity contribution is 5.44. The Morgan fingerprint density at radius 1 is 1.19 bits per heavy atom. The number of hydrogen-bond donors (Lipinski definition) is 1. The number of azo groups is 1. The van der Waals surface area contributed by atoms with Gasteiger partial charge in [0.1, 0.15) is 6.07 Å². The zero-order valence-corrected chi connectivity index (χ0v) is 11.3. The molecule has 0 aliphatic carbocycles. The molecule has 0 fully saturated rings. The zero-order chi connectivity index (χ0) is 15.7. The molecular formula is C10H10N8O3. The Labute approximate surface area is 117 Å². The van der Waals surface area contributed by atoms with Crippen molar-refractivity contribution in [1.29, 1.82) is 5.26 Å². The van der Waals surface area contributed by atoms with E-state index >= 15 is 0 Å². The lowest BCUT2D eigenvalue weighted by Crippen LogP contribution is -2.36. The van der Waals surface area contributed by atoms with E-state index in [1.165, 1.54) is 25.8 Å². The first kappa shape index (κ1) is 14.1. The molecule has 0 unspecified atom stereocenters. The molecule has 0 atom stereocenters. The smallest absolute Gasteiger partial charge is 0.333 e. The van der Waals surface area contributed by atoms with Gasteiger partial charge in [-0.05, 0) is 0 Å². The maximum atomic E-state index is 11.8. The van der Waals surface area contributed by atoms with E-state index in [1.54, 1.807) is 6.07 Å². The molecule has 11 heteroatoms. The predicted molar refractivity (Wildman–Crippen MR) is 68.5 cm³/mol. The van der Waals surface area contributed by atoms with Crippen molar-refractivity contribution in [1.82, 2.24) is 23.9 Å². The SMILES string of the molecule is Cn1nc(N=Nc2c(O)n(C)c(=O)n(C)c2=O)nc1C#N. The van der Waals surface area contributed by atoms with E-state index in [-0.39, 0.29) is 11.8 Å². The molecule has 2 heterocycles. The van der Waals surface area contributed by atoms with Gasteiger partial charge in [0.25, 0.3) is 11.5 Å². The summed E-state index contributed by atoms with van der Waals surface area (Å²) in [7, 11) is 4.02. The normalized spacial score (nSPS) is 11.0. The van der Waals surface area contributed by atoms with E-state index in [2.05, 4.69) is 20.3 Å². The standard InChI is InChI=1S/C10H10N8O3/c1-16-7(19)6(8(20)17(2)10(16)21)13-14-9-12-5(4-11)18(3)15-9/h19H,1-3H3. The van der Waals surface area contributed by atoms with E-state index in [1.807, 2.05) is 0 Å². The number of aromatic nitrogens is 5. The van der Waals surface area contributed by atoms with E-state index in [4.69, 9.17) is 5.26 Å².